The predicted octanol–water partition coefficient (Wildman–Crippen LogP) is 3.53. The molecule has 20 heavy (non-hydrogen) atoms. The molecule has 1 heterocycles. The number of carboxylic acids is 1. The Kier molecular flexibility index (Phi) is 3.30. The molecule has 2 unspecified atom stereocenters. The van der Waals surface area contributed by atoms with Gasteiger partial charge in [0, 0.05) is 17.6 Å². The molecule has 4 heteroatoms. The fraction of sp³-hybridized carbons (Fsp3) is 0.375. The van der Waals surface area contributed by atoms with Gasteiger partial charge in [-0.15, -0.1) is 0 Å². The number of hydrogen-bond donors (Lipinski definition) is 2. The molecule has 1 aliphatic carbocycles. The van der Waals surface area contributed by atoms with Gasteiger partial charge >= 0.3 is 5.97 Å². The molecule has 0 saturated heterocycles. The molecule has 2 aromatic rings. The van der Waals surface area contributed by atoms with Gasteiger partial charge in [-0.3, -0.25) is 4.98 Å². The SMILES string of the molecule is CC1CCCC1Nc1c(C(=O)O)cnc2ccccc12. The molecule has 1 aromatic carbocycles. The van der Waals surface area contributed by atoms with Crippen molar-refractivity contribution in [2.45, 2.75) is 32.2 Å². The van der Waals surface area contributed by atoms with Crippen molar-refractivity contribution in [1.29, 1.82) is 0 Å². The number of benzene rings is 1. The Balaban J connectivity index is 2.09. The summed E-state index contributed by atoms with van der Waals surface area (Å²) in [6, 6.07) is 8.01. The van der Waals surface area contributed by atoms with Gasteiger partial charge in [-0.25, -0.2) is 4.79 Å². The zero-order valence-corrected chi connectivity index (χ0v) is 11.5. The maximum absolute atomic E-state index is 11.4. The van der Waals surface area contributed by atoms with E-state index in [-0.39, 0.29) is 5.56 Å². The number of anilines is 1. The predicted molar refractivity (Wildman–Crippen MR) is 79.1 cm³/mol. The Morgan fingerprint density at radius 1 is 1.35 bits per heavy atom. The molecule has 1 aromatic heterocycles. The molecule has 0 aliphatic heterocycles. The second-order valence-corrected chi connectivity index (χ2v) is 5.53. The first-order valence-electron chi connectivity index (χ1n) is 7.04. The zero-order chi connectivity index (χ0) is 14.1. The molecule has 2 atom stereocenters. The molecular weight excluding hydrogens is 252 g/mol. The lowest BCUT2D eigenvalue weighted by Gasteiger charge is -2.21. The minimum atomic E-state index is -0.934. The van der Waals surface area contributed by atoms with Gasteiger partial charge in [-0.2, -0.15) is 0 Å². The van der Waals surface area contributed by atoms with Gasteiger partial charge in [0.05, 0.1) is 11.2 Å². The van der Waals surface area contributed by atoms with E-state index in [1.165, 1.54) is 19.0 Å². The second-order valence-electron chi connectivity index (χ2n) is 5.53. The van der Waals surface area contributed by atoms with Gasteiger partial charge in [-0.1, -0.05) is 31.5 Å². The fourth-order valence-corrected chi connectivity index (χ4v) is 3.00. The summed E-state index contributed by atoms with van der Waals surface area (Å²) in [7, 11) is 0. The molecule has 1 aliphatic rings. The van der Waals surface area contributed by atoms with Gasteiger partial charge in [0.15, 0.2) is 0 Å². The molecule has 0 amide bonds. The van der Waals surface area contributed by atoms with Crippen molar-refractivity contribution < 1.29 is 9.90 Å². The number of nitrogens with one attached hydrogen (secondary N) is 1. The molecule has 4 nitrogen and oxygen atoms in total. The van der Waals surface area contributed by atoms with Crippen molar-refractivity contribution >= 4 is 22.6 Å². The van der Waals surface area contributed by atoms with Crippen LogP contribution in [0.5, 0.6) is 0 Å². The third-order valence-corrected chi connectivity index (χ3v) is 4.20. The van der Waals surface area contributed by atoms with Gasteiger partial charge in [0.25, 0.3) is 0 Å². The molecule has 1 fully saturated rings. The lowest BCUT2D eigenvalue weighted by Crippen LogP contribution is -2.23. The highest BCUT2D eigenvalue weighted by Gasteiger charge is 2.25. The molecule has 104 valence electrons. The zero-order valence-electron chi connectivity index (χ0n) is 11.5. The van der Waals surface area contributed by atoms with Crippen LogP contribution in [-0.4, -0.2) is 22.1 Å². The van der Waals surface area contributed by atoms with Crippen molar-refractivity contribution in [2.24, 2.45) is 5.92 Å². The van der Waals surface area contributed by atoms with E-state index in [2.05, 4.69) is 17.2 Å². The van der Waals surface area contributed by atoms with Crippen LogP contribution in [0.4, 0.5) is 5.69 Å². The highest BCUT2D eigenvalue weighted by molar-refractivity contribution is 6.04. The summed E-state index contributed by atoms with van der Waals surface area (Å²) < 4.78 is 0. The average Bonchev–Trinajstić information content (AvgIpc) is 2.84. The topological polar surface area (TPSA) is 62.2 Å². The van der Waals surface area contributed by atoms with Gasteiger partial charge < -0.3 is 10.4 Å². The number of aromatic nitrogens is 1. The van der Waals surface area contributed by atoms with E-state index >= 15 is 0 Å². The fourth-order valence-electron chi connectivity index (χ4n) is 3.00. The number of aromatic carboxylic acids is 1. The summed E-state index contributed by atoms with van der Waals surface area (Å²) in [4.78, 5) is 15.7. The maximum Gasteiger partial charge on any atom is 0.339 e. The van der Waals surface area contributed by atoms with E-state index in [4.69, 9.17) is 0 Å². The van der Waals surface area contributed by atoms with E-state index in [9.17, 15) is 9.90 Å². The van der Waals surface area contributed by atoms with E-state index in [0.29, 0.717) is 17.6 Å². The number of rotatable bonds is 3. The third kappa shape index (κ3) is 2.22. The van der Waals surface area contributed by atoms with Crippen molar-refractivity contribution in [3.05, 3.63) is 36.0 Å². The normalized spacial score (nSPS) is 22.1. The van der Waals surface area contributed by atoms with Gasteiger partial charge in [0.2, 0.25) is 0 Å². The first-order valence-corrected chi connectivity index (χ1v) is 7.04. The standard InChI is InChI=1S/C16H18N2O2/c1-10-5-4-8-13(10)18-15-11-6-2-3-7-14(11)17-9-12(15)16(19)20/h2-3,6-7,9-10,13H,4-5,8H2,1H3,(H,17,18)(H,19,20). The van der Waals surface area contributed by atoms with E-state index in [1.807, 2.05) is 24.3 Å². The van der Waals surface area contributed by atoms with Crippen LogP contribution in [0, 0.1) is 5.92 Å². The molecule has 0 spiro atoms. The summed E-state index contributed by atoms with van der Waals surface area (Å²) in [6.45, 7) is 2.22. The van der Waals surface area contributed by atoms with Crippen molar-refractivity contribution in [3.8, 4) is 0 Å². The second kappa shape index (κ2) is 5.12. The van der Waals surface area contributed by atoms with Crippen molar-refractivity contribution in [1.82, 2.24) is 4.98 Å². The van der Waals surface area contributed by atoms with Crippen LogP contribution < -0.4 is 5.32 Å². The summed E-state index contributed by atoms with van der Waals surface area (Å²) >= 11 is 0. The summed E-state index contributed by atoms with van der Waals surface area (Å²) in [5.74, 6) is -0.361. The number of para-hydroxylation sites is 1. The van der Waals surface area contributed by atoms with E-state index in [0.717, 1.165) is 17.3 Å². The highest BCUT2D eigenvalue weighted by Crippen LogP contribution is 2.32. The first kappa shape index (κ1) is 12.9. The number of fused-ring (bicyclic) bond motifs is 1. The third-order valence-electron chi connectivity index (χ3n) is 4.20. The monoisotopic (exact) mass is 270 g/mol. The summed E-state index contributed by atoms with van der Waals surface area (Å²) in [5.41, 5.74) is 1.79. The van der Waals surface area contributed by atoms with Crippen LogP contribution in [0.1, 0.15) is 36.5 Å². The van der Waals surface area contributed by atoms with E-state index in [1.54, 1.807) is 0 Å². The lowest BCUT2D eigenvalue weighted by molar-refractivity contribution is 0.0697. The Labute approximate surface area is 117 Å². The quantitative estimate of drug-likeness (QED) is 0.895. The average molecular weight is 270 g/mol. The summed E-state index contributed by atoms with van der Waals surface area (Å²) in [6.07, 6.45) is 4.94. The minimum Gasteiger partial charge on any atom is -0.478 e. The largest absolute Gasteiger partial charge is 0.478 e. The maximum atomic E-state index is 11.4. The number of nitrogens with zero attached hydrogens (tertiary/aromatic N) is 1. The van der Waals surface area contributed by atoms with Crippen LogP contribution in [0.15, 0.2) is 30.5 Å². The Bertz CT molecular complexity index is 654. The molecule has 2 N–H and O–H groups in total. The van der Waals surface area contributed by atoms with Crippen molar-refractivity contribution in [2.75, 3.05) is 5.32 Å². The van der Waals surface area contributed by atoms with Crippen LogP contribution in [0.3, 0.4) is 0 Å². The van der Waals surface area contributed by atoms with Crippen LogP contribution >= 0.6 is 0 Å². The van der Waals surface area contributed by atoms with Crippen LogP contribution in [0.25, 0.3) is 10.9 Å². The van der Waals surface area contributed by atoms with Gasteiger partial charge in [0.1, 0.15) is 5.56 Å². The van der Waals surface area contributed by atoms with Crippen LogP contribution in [-0.2, 0) is 0 Å². The number of hydrogen-bond acceptors (Lipinski definition) is 3. The number of carbonyl (C=O) groups is 1. The summed E-state index contributed by atoms with van der Waals surface area (Å²) in [5, 5.41) is 13.7. The number of pyridine rings is 1. The number of carboxylic acid groups (broad SMARTS) is 1. The highest BCUT2D eigenvalue weighted by atomic mass is 16.4. The minimum absolute atomic E-state index is 0.253. The first-order chi connectivity index (χ1) is 9.66. The lowest BCUT2D eigenvalue weighted by atomic mass is 10.0. The van der Waals surface area contributed by atoms with Crippen molar-refractivity contribution in [3.63, 3.8) is 0 Å². The smallest absolute Gasteiger partial charge is 0.339 e. The molecule has 1 saturated carbocycles. The van der Waals surface area contributed by atoms with E-state index < -0.39 is 5.97 Å². The Morgan fingerprint density at radius 2 is 2.15 bits per heavy atom. The van der Waals surface area contributed by atoms with Gasteiger partial charge in [-0.05, 0) is 24.8 Å². The molecular formula is C16H18N2O2. The molecule has 0 bridgehead atoms. The van der Waals surface area contributed by atoms with Crippen LogP contribution in [0.2, 0.25) is 0 Å². The molecule has 3 rings (SSSR count). The molecule has 0 radical (unpaired) electrons. The Hall–Kier alpha value is -2.10. The Morgan fingerprint density at radius 3 is 2.85 bits per heavy atom.